The van der Waals surface area contributed by atoms with E-state index in [2.05, 4.69) is 23.9 Å². The maximum atomic E-state index is 12.3. The van der Waals surface area contributed by atoms with Crippen molar-refractivity contribution in [3.63, 3.8) is 0 Å². The Kier molecular flexibility index (Phi) is 8.63. The minimum Gasteiger partial charge on any atom is -0.493 e. The minimum atomic E-state index is -3.46. The number of nitrogens with one attached hydrogen (secondary N) is 2. The molecule has 3 N–H and O–H groups in total. The molecule has 0 spiro atoms. The molecule has 0 aromatic heterocycles. The Balaban J connectivity index is 1.80. The molecule has 2 rings (SSSR count). The highest BCUT2D eigenvalue weighted by atomic mass is 32.2. The molecule has 1 unspecified atom stereocenters. The Bertz CT molecular complexity index is 810. The van der Waals surface area contributed by atoms with Gasteiger partial charge in [-0.1, -0.05) is 38.1 Å². The van der Waals surface area contributed by atoms with Crippen molar-refractivity contribution < 1.29 is 23.1 Å². The quantitative estimate of drug-likeness (QED) is 0.462. The first-order valence-electron chi connectivity index (χ1n) is 9.75. The van der Waals surface area contributed by atoms with Gasteiger partial charge in [0.1, 0.15) is 5.75 Å². The standard InChI is InChI=1S/C20H31N3O5S/c1-15(2)14-28-18-9-7-8-17(12-18)16(3)22-29(26,27)11-6-4-5-10-23-13-19(24)21-20(23)25/h4-5,7-9,12,15-16,20,22,25H,6,10-11,13-14H2,1-3H3,(H,21,24)/b5-4+/t16-,20?/m1/s1. The van der Waals surface area contributed by atoms with Crippen LogP contribution in [-0.2, 0) is 14.8 Å². The maximum Gasteiger partial charge on any atom is 0.237 e. The molecule has 9 heteroatoms. The van der Waals surface area contributed by atoms with Crippen LogP contribution in [0, 0.1) is 5.92 Å². The zero-order chi connectivity index (χ0) is 21.4. The van der Waals surface area contributed by atoms with Gasteiger partial charge in [0.05, 0.1) is 18.9 Å². The number of aliphatic hydroxyl groups is 1. The zero-order valence-electron chi connectivity index (χ0n) is 17.2. The normalized spacial score (nSPS) is 19.1. The molecule has 0 aliphatic carbocycles. The van der Waals surface area contributed by atoms with Gasteiger partial charge in [-0.25, -0.2) is 18.0 Å². The molecule has 162 valence electrons. The summed E-state index contributed by atoms with van der Waals surface area (Å²) in [7, 11) is -3.46. The third kappa shape index (κ3) is 8.14. The highest BCUT2D eigenvalue weighted by molar-refractivity contribution is 7.89. The van der Waals surface area contributed by atoms with Crippen LogP contribution in [0.1, 0.15) is 38.8 Å². The van der Waals surface area contributed by atoms with Crippen LogP contribution in [0.2, 0.25) is 0 Å². The Morgan fingerprint density at radius 1 is 1.34 bits per heavy atom. The van der Waals surface area contributed by atoms with Crippen molar-refractivity contribution in [3.05, 3.63) is 42.0 Å². The van der Waals surface area contributed by atoms with Crippen molar-refractivity contribution in [1.29, 1.82) is 0 Å². The van der Waals surface area contributed by atoms with Crippen LogP contribution in [0.15, 0.2) is 36.4 Å². The molecule has 29 heavy (non-hydrogen) atoms. The molecule has 0 saturated carbocycles. The third-order valence-corrected chi connectivity index (χ3v) is 5.83. The van der Waals surface area contributed by atoms with Crippen molar-refractivity contribution in [2.24, 2.45) is 5.92 Å². The average molecular weight is 426 g/mol. The smallest absolute Gasteiger partial charge is 0.237 e. The zero-order valence-corrected chi connectivity index (χ0v) is 18.0. The highest BCUT2D eigenvalue weighted by Gasteiger charge is 2.26. The molecule has 0 bridgehead atoms. The number of benzene rings is 1. The summed E-state index contributed by atoms with van der Waals surface area (Å²) in [5.74, 6) is 0.859. The van der Waals surface area contributed by atoms with E-state index in [1.54, 1.807) is 24.0 Å². The predicted octanol–water partition coefficient (Wildman–Crippen LogP) is 1.36. The number of rotatable bonds is 11. The highest BCUT2D eigenvalue weighted by Crippen LogP contribution is 2.20. The average Bonchev–Trinajstić information content (AvgIpc) is 2.96. The summed E-state index contributed by atoms with van der Waals surface area (Å²) in [6.45, 7) is 7.04. The van der Waals surface area contributed by atoms with E-state index in [0.29, 0.717) is 25.5 Å². The van der Waals surface area contributed by atoms with Gasteiger partial charge in [0.25, 0.3) is 0 Å². The molecule has 1 aliphatic rings. The first-order valence-corrected chi connectivity index (χ1v) is 11.4. The van der Waals surface area contributed by atoms with Crippen LogP contribution >= 0.6 is 0 Å². The summed E-state index contributed by atoms with van der Waals surface area (Å²) >= 11 is 0. The van der Waals surface area contributed by atoms with Gasteiger partial charge < -0.3 is 15.2 Å². The molecule has 1 aromatic rings. The Hall–Kier alpha value is -1.94. The molecule has 1 fully saturated rings. The minimum absolute atomic E-state index is 0.0445. The fourth-order valence-electron chi connectivity index (χ4n) is 2.80. The van der Waals surface area contributed by atoms with Crippen molar-refractivity contribution in [1.82, 2.24) is 14.9 Å². The number of ether oxygens (including phenoxy) is 1. The largest absolute Gasteiger partial charge is 0.493 e. The van der Waals surface area contributed by atoms with E-state index in [-0.39, 0.29) is 24.2 Å². The molecule has 1 aromatic carbocycles. The predicted molar refractivity (Wildman–Crippen MR) is 112 cm³/mol. The lowest BCUT2D eigenvalue weighted by atomic mass is 10.1. The summed E-state index contributed by atoms with van der Waals surface area (Å²) in [5, 5.41) is 12.0. The molecule has 1 heterocycles. The summed E-state index contributed by atoms with van der Waals surface area (Å²) in [6.07, 6.45) is 2.83. The molecular formula is C20H31N3O5S. The second kappa shape index (κ2) is 10.7. The van der Waals surface area contributed by atoms with Crippen molar-refractivity contribution in [2.45, 2.75) is 39.6 Å². The van der Waals surface area contributed by atoms with Gasteiger partial charge in [0.2, 0.25) is 15.9 Å². The number of hydrogen-bond donors (Lipinski definition) is 3. The Morgan fingerprint density at radius 2 is 2.10 bits per heavy atom. The Labute approximate surface area is 173 Å². The van der Waals surface area contributed by atoms with Crippen molar-refractivity contribution >= 4 is 15.9 Å². The number of amides is 1. The first-order chi connectivity index (χ1) is 13.7. The number of allylic oxidation sites excluding steroid dienone is 1. The van der Waals surface area contributed by atoms with Crippen LogP contribution < -0.4 is 14.8 Å². The molecule has 1 amide bonds. The van der Waals surface area contributed by atoms with Gasteiger partial charge in [-0.05, 0) is 37.0 Å². The lowest BCUT2D eigenvalue weighted by Gasteiger charge is -2.16. The van der Waals surface area contributed by atoms with E-state index in [1.807, 2.05) is 24.3 Å². The second-order valence-corrected chi connectivity index (χ2v) is 9.44. The third-order valence-electron chi connectivity index (χ3n) is 4.34. The number of aliphatic hydroxyl groups excluding tert-OH is 1. The van der Waals surface area contributed by atoms with Crippen LogP contribution in [-0.4, -0.2) is 56.1 Å². The van der Waals surface area contributed by atoms with Gasteiger partial charge >= 0.3 is 0 Å². The summed E-state index contributed by atoms with van der Waals surface area (Å²) < 4.78 is 33.1. The van der Waals surface area contributed by atoms with E-state index >= 15 is 0 Å². The van der Waals surface area contributed by atoms with Crippen molar-refractivity contribution in [3.8, 4) is 5.75 Å². The van der Waals surface area contributed by atoms with E-state index in [4.69, 9.17) is 4.74 Å². The summed E-state index contributed by atoms with van der Waals surface area (Å²) in [5.41, 5.74) is 0.838. The van der Waals surface area contributed by atoms with E-state index < -0.39 is 16.4 Å². The number of carbonyl (C=O) groups excluding carboxylic acids is 1. The molecule has 2 atom stereocenters. The number of carbonyl (C=O) groups is 1. The summed E-state index contributed by atoms with van der Waals surface area (Å²) in [4.78, 5) is 12.7. The lowest BCUT2D eigenvalue weighted by molar-refractivity contribution is -0.119. The fraction of sp³-hybridized carbons (Fsp3) is 0.550. The van der Waals surface area contributed by atoms with Crippen molar-refractivity contribution in [2.75, 3.05) is 25.4 Å². The van der Waals surface area contributed by atoms with Crippen LogP contribution in [0.3, 0.4) is 0 Å². The van der Waals surface area contributed by atoms with Crippen LogP contribution in [0.5, 0.6) is 5.75 Å². The number of nitrogens with zero attached hydrogens (tertiary/aromatic N) is 1. The van der Waals surface area contributed by atoms with Gasteiger partial charge in [-0.3, -0.25) is 4.79 Å². The van der Waals surface area contributed by atoms with Crippen LogP contribution in [0.4, 0.5) is 0 Å². The van der Waals surface area contributed by atoms with Gasteiger partial charge in [0, 0.05) is 12.6 Å². The van der Waals surface area contributed by atoms with E-state index in [1.165, 1.54) is 0 Å². The van der Waals surface area contributed by atoms with Gasteiger partial charge in [0.15, 0.2) is 6.35 Å². The van der Waals surface area contributed by atoms with Gasteiger partial charge in [-0.15, -0.1) is 0 Å². The summed E-state index contributed by atoms with van der Waals surface area (Å²) in [6, 6.07) is 7.06. The molecule has 8 nitrogen and oxygen atoms in total. The monoisotopic (exact) mass is 425 g/mol. The first kappa shape index (κ1) is 23.3. The topological polar surface area (TPSA) is 108 Å². The van der Waals surface area contributed by atoms with Crippen LogP contribution in [0.25, 0.3) is 0 Å². The Morgan fingerprint density at radius 3 is 2.76 bits per heavy atom. The fourth-order valence-corrected chi connectivity index (χ4v) is 4.04. The number of sulfonamides is 1. The number of hydrogen-bond acceptors (Lipinski definition) is 6. The molecule has 1 saturated heterocycles. The molecule has 0 radical (unpaired) electrons. The molecular weight excluding hydrogens is 394 g/mol. The lowest BCUT2D eigenvalue weighted by Crippen LogP contribution is -2.35. The second-order valence-electron chi connectivity index (χ2n) is 7.57. The SMILES string of the molecule is CC(C)COc1cccc([C@@H](C)NS(=O)(=O)CC/C=C/CN2CC(=O)NC2O)c1. The van der Waals surface area contributed by atoms with Gasteiger partial charge in [-0.2, -0.15) is 0 Å². The molecule has 1 aliphatic heterocycles. The van der Waals surface area contributed by atoms with E-state index in [0.717, 1.165) is 11.3 Å². The maximum absolute atomic E-state index is 12.3. The van der Waals surface area contributed by atoms with E-state index in [9.17, 15) is 18.3 Å².